The molecule has 2 amide bonds. The van der Waals surface area contributed by atoms with Gasteiger partial charge in [-0.3, -0.25) is 14.3 Å². The van der Waals surface area contributed by atoms with Gasteiger partial charge in [0.2, 0.25) is 0 Å². The van der Waals surface area contributed by atoms with Gasteiger partial charge in [0.15, 0.2) is 5.13 Å². The molecule has 0 fully saturated rings. The average molecular weight is 618 g/mol. The maximum Gasteiger partial charge on any atom is 0.272 e. The number of rotatable bonds is 8. The summed E-state index contributed by atoms with van der Waals surface area (Å²) in [7, 11) is -3.84. The topological polar surface area (TPSA) is 117 Å². The Morgan fingerprint density at radius 3 is 2.32 bits per heavy atom. The summed E-state index contributed by atoms with van der Waals surface area (Å²) in [5.41, 5.74) is 1.17. The molecule has 0 saturated heterocycles. The van der Waals surface area contributed by atoms with Gasteiger partial charge in [0, 0.05) is 21.7 Å². The van der Waals surface area contributed by atoms with Crippen molar-refractivity contribution in [3.63, 3.8) is 0 Å². The van der Waals surface area contributed by atoms with E-state index in [0.29, 0.717) is 11.3 Å². The Kier molecular flexibility index (Phi) is 8.39. The molecule has 12 heteroatoms. The average Bonchev–Trinajstić information content (AvgIpc) is 3.38. The fourth-order valence-corrected chi connectivity index (χ4v) is 5.36. The number of carbonyl (C=O) groups is 2. The van der Waals surface area contributed by atoms with Crippen LogP contribution in [0, 0.1) is 0 Å². The molecule has 0 spiro atoms. The van der Waals surface area contributed by atoms with Crippen molar-refractivity contribution in [2.24, 2.45) is 0 Å². The predicted octanol–water partition coefficient (Wildman–Crippen LogP) is 5.77. The fraction of sp³-hybridized carbons (Fsp3) is 0. The number of nitrogens with one attached hydrogen (secondary N) is 3. The van der Waals surface area contributed by atoms with E-state index in [-0.39, 0.29) is 26.3 Å². The molecule has 4 aromatic rings. The molecule has 37 heavy (non-hydrogen) atoms. The van der Waals surface area contributed by atoms with Crippen molar-refractivity contribution in [1.82, 2.24) is 10.3 Å². The second kappa shape index (κ2) is 11.7. The molecule has 8 nitrogen and oxygen atoms in total. The number of sulfonamides is 1. The number of hydrogen-bond acceptors (Lipinski definition) is 6. The zero-order valence-corrected chi connectivity index (χ0v) is 22.8. The Balaban J connectivity index is 1.55. The molecule has 0 saturated carbocycles. The van der Waals surface area contributed by atoms with Crippen LogP contribution in [0.5, 0.6) is 0 Å². The monoisotopic (exact) mass is 616 g/mol. The van der Waals surface area contributed by atoms with Gasteiger partial charge in [-0.2, -0.15) is 0 Å². The molecule has 0 aliphatic carbocycles. The summed E-state index contributed by atoms with van der Waals surface area (Å²) in [6.07, 6.45) is 3.01. The fourth-order valence-electron chi connectivity index (χ4n) is 3.08. The largest absolute Gasteiger partial charge is 0.321 e. The van der Waals surface area contributed by atoms with Crippen LogP contribution in [-0.2, 0) is 14.8 Å². The lowest BCUT2D eigenvalue weighted by molar-refractivity contribution is -0.113. The summed E-state index contributed by atoms with van der Waals surface area (Å²) in [6, 6.07) is 19.2. The highest BCUT2D eigenvalue weighted by Crippen LogP contribution is 2.21. The van der Waals surface area contributed by atoms with E-state index in [1.165, 1.54) is 36.5 Å². The highest BCUT2D eigenvalue weighted by molar-refractivity contribution is 9.10. The molecule has 0 radical (unpaired) electrons. The third-order valence-corrected chi connectivity index (χ3v) is 7.90. The van der Waals surface area contributed by atoms with Crippen molar-refractivity contribution in [3.05, 3.63) is 111 Å². The van der Waals surface area contributed by atoms with Crippen molar-refractivity contribution in [2.45, 2.75) is 4.90 Å². The Labute approximate surface area is 230 Å². The van der Waals surface area contributed by atoms with Crippen molar-refractivity contribution in [1.29, 1.82) is 0 Å². The van der Waals surface area contributed by atoms with Gasteiger partial charge in [0.05, 0.1) is 15.5 Å². The summed E-state index contributed by atoms with van der Waals surface area (Å²) in [5, 5.41) is 7.44. The van der Waals surface area contributed by atoms with Crippen LogP contribution >= 0.6 is 38.9 Å². The van der Waals surface area contributed by atoms with Gasteiger partial charge in [0.1, 0.15) is 5.70 Å². The number of halogens is 2. The molecule has 3 aromatic carbocycles. The third-order valence-electron chi connectivity index (χ3n) is 4.87. The number of hydrogen-bond donors (Lipinski definition) is 3. The van der Waals surface area contributed by atoms with Gasteiger partial charge in [-0.05, 0) is 60.2 Å². The minimum atomic E-state index is -3.84. The molecule has 3 N–H and O–H groups in total. The van der Waals surface area contributed by atoms with E-state index < -0.39 is 21.8 Å². The van der Waals surface area contributed by atoms with Crippen LogP contribution in [0.3, 0.4) is 0 Å². The van der Waals surface area contributed by atoms with E-state index in [0.717, 1.165) is 15.8 Å². The molecule has 0 aliphatic rings. The second-order valence-corrected chi connectivity index (χ2v) is 11.4. The minimum Gasteiger partial charge on any atom is -0.321 e. The number of thiazole rings is 1. The van der Waals surface area contributed by atoms with Gasteiger partial charge >= 0.3 is 0 Å². The molecule has 1 aromatic heterocycles. The maximum atomic E-state index is 13.2. The van der Waals surface area contributed by atoms with Crippen LogP contribution in [0.2, 0.25) is 5.02 Å². The van der Waals surface area contributed by atoms with Crippen molar-refractivity contribution in [2.75, 3.05) is 10.0 Å². The quantitative estimate of drug-likeness (QED) is 0.217. The molecular weight excluding hydrogens is 600 g/mol. The zero-order chi connectivity index (χ0) is 26.4. The molecule has 0 atom stereocenters. The standard InChI is InChI=1S/C25H18BrClN4O4S2/c26-17-7-5-16(6-8-17)15-22(30-23(32)20-3-1-2-4-21(20)27)24(33)29-18-9-11-19(12-10-18)37(34,35)31-25-28-13-14-36-25/h1-15H,(H,28,31)(H,29,33)(H,30,32)/b22-15-. The van der Waals surface area contributed by atoms with Gasteiger partial charge in [-0.1, -0.05) is 51.8 Å². The Morgan fingerprint density at radius 2 is 1.68 bits per heavy atom. The SMILES string of the molecule is O=C(Nc1ccc(S(=O)(=O)Nc2nccs2)cc1)/C(=C/c1ccc(Br)cc1)NC(=O)c1ccccc1Cl. The van der Waals surface area contributed by atoms with Gasteiger partial charge in [0.25, 0.3) is 21.8 Å². The van der Waals surface area contributed by atoms with Gasteiger partial charge in [-0.25, -0.2) is 13.4 Å². The van der Waals surface area contributed by atoms with E-state index in [4.69, 9.17) is 11.6 Å². The van der Waals surface area contributed by atoms with Crippen LogP contribution in [0.1, 0.15) is 15.9 Å². The second-order valence-electron chi connectivity index (χ2n) is 7.46. The Hall–Kier alpha value is -3.51. The van der Waals surface area contributed by atoms with E-state index in [9.17, 15) is 18.0 Å². The lowest BCUT2D eigenvalue weighted by atomic mass is 10.1. The molecular formula is C25H18BrClN4O4S2. The van der Waals surface area contributed by atoms with E-state index in [1.54, 1.807) is 53.9 Å². The minimum absolute atomic E-state index is 0.00153. The van der Waals surface area contributed by atoms with Crippen LogP contribution in [-0.4, -0.2) is 25.2 Å². The van der Waals surface area contributed by atoms with Crippen molar-refractivity contribution in [3.8, 4) is 0 Å². The van der Waals surface area contributed by atoms with E-state index in [2.05, 4.69) is 36.3 Å². The number of amides is 2. The van der Waals surface area contributed by atoms with Crippen molar-refractivity contribution < 1.29 is 18.0 Å². The molecule has 4 rings (SSSR count). The number of carbonyl (C=O) groups excluding carboxylic acids is 2. The zero-order valence-electron chi connectivity index (χ0n) is 18.8. The Morgan fingerprint density at radius 1 is 0.973 bits per heavy atom. The number of benzene rings is 3. The maximum absolute atomic E-state index is 13.2. The highest BCUT2D eigenvalue weighted by atomic mass is 79.9. The number of anilines is 2. The first-order valence-electron chi connectivity index (χ1n) is 10.6. The third kappa shape index (κ3) is 7.04. The van der Waals surface area contributed by atoms with Crippen LogP contribution in [0.25, 0.3) is 6.08 Å². The smallest absolute Gasteiger partial charge is 0.272 e. The summed E-state index contributed by atoms with van der Waals surface area (Å²) >= 11 is 10.7. The molecule has 188 valence electrons. The number of aromatic nitrogens is 1. The molecule has 0 unspecified atom stereocenters. The van der Waals surface area contributed by atoms with E-state index >= 15 is 0 Å². The summed E-state index contributed by atoms with van der Waals surface area (Å²) in [4.78, 5) is 29.9. The van der Waals surface area contributed by atoms with Gasteiger partial charge < -0.3 is 10.6 Å². The van der Waals surface area contributed by atoms with Crippen LogP contribution in [0.15, 0.2) is 99.4 Å². The Bertz CT molecular complexity index is 1560. The lowest BCUT2D eigenvalue weighted by Gasteiger charge is -2.12. The lowest BCUT2D eigenvalue weighted by Crippen LogP contribution is -2.31. The van der Waals surface area contributed by atoms with Gasteiger partial charge in [-0.15, -0.1) is 11.3 Å². The van der Waals surface area contributed by atoms with Crippen molar-refractivity contribution >= 4 is 77.6 Å². The molecule has 0 aliphatic heterocycles. The first-order chi connectivity index (χ1) is 17.7. The summed E-state index contributed by atoms with van der Waals surface area (Å²) in [5.74, 6) is -1.17. The van der Waals surface area contributed by atoms with Crippen LogP contribution < -0.4 is 15.4 Å². The van der Waals surface area contributed by atoms with E-state index in [1.807, 2.05) is 0 Å². The molecule has 0 bridgehead atoms. The normalized spacial score (nSPS) is 11.6. The first kappa shape index (κ1) is 26.6. The highest BCUT2D eigenvalue weighted by Gasteiger charge is 2.18. The van der Waals surface area contributed by atoms with Crippen LogP contribution in [0.4, 0.5) is 10.8 Å². The number of nitrogens with zero attached hydrogens (tertiary/aromatic N) is 1. The summed E-state index contributed by atoms with van der Waals surface area (Å²) in [6.45, 7) is 0. The molecule has 1 heterocycles. The summed E-state index contributed by atoms with van der Waals surface area (Å²) < 4.78 is 28.3. The predicted molar refractivity (Wildman–Crippen MR) is 149 cm³/mol. The first-order valence-corrected chi connectivity index (χ1v) is 14.1.